The van der Waals surface area contributed by atoms with Crippen LogP contribution in [0.25, 0.3) is 11.4 Å². The zero-order valence-corrected chi connectivity index (χ0v) is 29.4. The summed E-state index contributed by atoms with van der Waals surface area (Å²) in [4.78, 5) is 54.9. The molecule has 4 unspecified atom stereocenters. The minimum absolute atomic E-state index is 0.0223. The number of likely N-dealkylation sites (tertiary alicyclic amines) is 1. The number of hydrogen-bond donors (Lipinski definition) is 4. The van der Waals surface area contributed by atoms with E-state index in [1.54, 1.807) is 13.8 Å². The molecule has 2 heterocycles. The van der Waals surface area contributed by atoms with Crippen LogP contribution in [0.3, 0.4) is 0 Å². The van der Waals surface area contributed by atoms with Gasteiger partial charge in [-0.2, -0.15) is 5.21 Å². The van der Waals surface area contributed by atoms with Gasteiger partial charge in [-0.05, 0) is 53.9 Å². The minimum Gasteiger partial charge on any atom is -0.449 e. The number of halogens is 4. The van der Waals surface area contributed by atoms with Crippen LogP contribution in [0.4, 0.5) is 22.4 Å². The third-order valence-electron chi connectivity index (χ3n) is 9.46. The number of carbonyl (C=O) groups is 4. The van der Waals surface area contributed by atoms with Crippen LogP contribution in [0.5, 0.6) is 0 Å². The van der Waals surface area contributed by atoms with Crippen molar-refractivity contribution in [3.05, 3.63) is 29.3 Å². The lowest BCUT2D eigenvalue weighted by Crippen LogP contribution is -2.57. The fourth-order valence-electron chi connectivity index (χ4n) is 6.78. The van der Waals surface area contributed by atoms with Crippen LogP contribution in [0.15, 0.2) is 12.1 Å². The molecule has 1 saturated heterocycles. The Labute approximate surface area is 294 Å². The number of nitrogens with one attached hydrogen (secondary N) is 4. The fraction of sp³-hybridized carbons (Fsp3) is 0.676. The highest BCUT2D eigenvalue weighted by Crippen LogP contribution is 2.38. The number of H-pyrrole nitrogens is 1. The largest absolute Gasteiger partial charge is 0.449 e. The molecule has 2 aliphatic rings. The molecule has 2 fully saturated rings. The number of alkyl halides is 2. The molecule has 2 aromatic rings. The molecule has 1 aliphatic carbocycles. The first-order chi connectivity index (χ1) is 24.2. The molecule has 1 aromatic carbocycles. The lowest BCUT2D eigenvalue weighted by molar-refractivity contribution is -0.141. The first-order valence-electron chi connectivity index (χ1n) is 17.6. The summed E-state index contributed by atoms with van der Waals surface area (Å²) in [6, 6.07) is -1.77. The Bertz CT molecular complexity index is 1470. The molecule has 282 valence electrons. The summed E-state index contributed by atoms with van der Waals surface area (Å²) in [6.07, 6.45) is 0.209. The van der Waals surface area contributed by atoms with Gasteiger partial charge < -0.3 is 25.6 Å². The third kappa shape index (κ3) is 10.8. The van der Waals surface area contributed by atoms with Gasteiger partial charge in [0, 0.05) is 30.6 Å². The Morgan fingerprint density at radius 3 is 2.27 bits per heavy atom. The molecule has 1 saturated carbocycles. The summed E-state index contributed by atoms with van der Waals surface area (Å²) in [7, 11) is 0. The van der Waals surface area contributed by atoms with Crippen LogP contribution in [-0.4, -0.2) is 93.6 Å². The van der Waals surface area contributed by atoms with E-state index in [0.29, 0.717) is 0 Å². The molecule has 4 atom stereocenters. The number of tetrazole rings is 1. The van der Waals surface area contributed by atoms with Crippen LogP contribution >= 0.6 is 0 Å². The van der Waals surface area contributed by atoms with Crippen molar-refractivity contribution in [1.82, 2.24) is 41.5 Å². The predicted octanol–water partition coefficient (Wildman–Crippen LogP) is 4.15. The third-order valence-corrected chi connectivity index (χ3v) is 9.46. The van der Waals surface area contributed by atoms with Crippen molar-refractivity contribution in [2.45, 2.75) is 104 Å². The van der Waals surface area contributed by atoms with Gasteiger partial charge in [0.25, 0.3) is 0 Å². The van der Waals surface area contributed by atoms with Gasteiger partial charge in [0.15, 0.2) is 0 Å². The van der Waals surface area contributed by atoms with Gasteiger partial charge in [-0.15, -0.1) is 10.2 Å². The summed E-state index contributed by atoms with van der Waals surface area (Å²) < 4.78 is 62.1. The standard InChI is InChI=1S/C34H48F4N8O5/c1-18(2)17-51-34(50)41-29(19(3)4)33(49)46-16-22(20-8-6-5-7-9-20)14-27(46)32(48)40-26(15-28(37)38)31(47)39-11-10-23-24(35)12-21(13-25(23)36)30-42-44-45-43-30/h12-13,18-20,22,26-29H,5-11,14-17H2,1-4H3,(H,39,47)(H,40,48)(H,41,50)(H,42,43,44,45). The maximum Gasteiger partial charge on any atom is 0.407 e. The van der Waals surface area contributed by atoms with Gasteiger partial charge in [0.1, 0.15) is 29.8 Å². The zero-order valence-electron chi connectivity index (χ0n) is 29.4. The van der Waals surface area contributed by atoms with Crippen molar-refractivity contribution < 1.29 is 41.5 Å². The Morgan fingerprint density at radius 2 is 1.69 bits per heavy atom. The number of aromatic nitrogens is 4. The fourth-order valence-corrected chi connectivity index (χ4v) is 6.78. The number of benzene rings is 1. The predicted molar refractivity (Wildman–Crippen MR) is 177 cm³/mol. The van der Waals surface area contributed by atoms with E-state index in [0.717, 1.165) is 44.2 Å². The minimum atomic E-state index is -2.98. The molecule has 0 spiro atoms. The molecular weight excluding hydrogens is 676 g/mol. The van der Waals surface area contributed by atoms with E-state index in [9.17, 15) is 36.7 Å². The van der Waals surface area contributed by atoms with E-state index in [1.165, 1.54) is 4.90 Å². The molecule has 4 N–H and O–H groups in total. The Balaban J connectivity index is 1.46. The molecule has 0 radical (unpaired) electrons. The van der Waals surface area contributed by atoms with E-state index in [4.69, 9.17) is 4.74 Å². The Hall–Kier alpha value is -4.31. The van der Waals surface area contributed by atoms with Gasteiger partial charge in [-0.25, -0.2) is 22.4 Å². The second-order valence-electron chi connectivity index (χ2n) is 14.1. The van der Waals surface area contributed by atoms with E-state index < -0.39 is 66.4 Å². The van der Waals surface area contributed by atoms with Crippen LogP contribution in [-0.2, 0) is 25.5 Å². The molecule has 0 bridgehead atoms. The van der Waals surface area contributed by atoms with E-state index in [1.807, 2.05) is 13.8 Å². The van der Waals surface area contributed by atoms with Crippen LogP contribution in [0.1, 0.15) is 78.2 Å². The molecule has 17 heteroatoms. The van der Waals surface area contributed by atoms with Crippen LogP contribution < -0.4 is 16.0 Å². The summed E-state index contributed by atoms with van der Waals surface area (Å²) >= 11 is 0. The van der Waals surface area contributed by atoms with E-state index in [-0.39, 0.29) is 73.2 Å². The molecule has 1 aromatic heterocycles. The average molecular weight is 725 g/mol. The number of amides is 4. The van der Waals surface area contributed by atoms with Crippen molar-refractivity contribution in [3.63, 3.8) is 0 Å². The number of alkyl carbamates (subject to hydrolysis) is 1. The first kappa shape index (κ1) is 39.5. The lowest BCUT2D eigenvalue weighted by atomic mass is 9.79. The first-order valence-corrected chi connectivity index (χ1v) is 17.6. The number of aromatic amines is 1. The molecule has 4 rings (SSSR count). The maximum absolute atomic E-state index is 14.8. The number of carbonyl (C=O) groups excluding carboxylic acids is 4. The lowest BCUT2D eigenvalue weighted by Gasteiger charge is -2.31. The average Bonchev–Trinajstić information content (AvgIpc) is 3.78. The highest BCUT2D eigenvalue weighted by atomic mass is 19.3. The Morgan fingerprint density at radius 1 is 1.00 bits per heavy atom. The molecule has 13 nitrogen and oxygen atoms in total. The second-order valence-corrected chi connectivity index (χ2v) is 14.1. The van der Waals surface area contributed by atoms with Gasteiger partial charge in [-0.1, -0.05) is 59.8 Å². The monoisotopic (exact) mass is 724 g/mol. The van der Waals surface area contributed by atoms with Crippen LogP contribution in [0.2, 0.25) is 0 Å². The van der Waals surface area contributed by atoms with Crippen LogP contribution in [0, 0.1) is 35.3 Å². The smallest absolute Gasteiger partial charge is 0.407 e. The number of nitrogens with zero attached hydrogens (tertiary/aromatic N) is 4. The summed E-state index contributed by atoms with van der Waals surface area (Å²) in [5, 5.41) is 20.4. The topological polar surface area (TPSA) is 171 Å². The molecule has 51 heavy (non-hydrogen) atoms. The highest BCUT2D eigenvalue weighted by molar-refractivity contribution is 5.94. The molecular formula is C34H48F4N8O5. The summed E-state index contributed by atoms with van der Waals surface area (Å²) in [5.74, 6) is -4.21. The van der Waals surface area contributed by atoms with Crippen molar-refractivity contribution in [2.24, 2.45) is 23.7 Å². The van der Waals surface area contributed by atoms with Crippen molar-refractivity contribution in [1.29, 1.82) is 0 Å². The van der Waals surface area contributed by atoms with Gasteiger partial charge >= 0.3 is 6.09 Å². The number of hydrogen-bond acceptors (Lipinski definition) is 8. The van der Waals surface area contributed by atoms with E-state index >= 15 is 0 Å². The van der Waals surface area contributed by atoms with Crippen molar-refractivity contribution in [3.8, 4) is 11.4 Å². The van der Waals surface area contributed by atoms with Gasteiger partial charge in [0.05, 0.1) is 6.61 Å². The highest BCUT2D eigenvalue weighted by Gasteiger charge is 2.45. The van der Waals surface area contributed by atoms with E-state index in [2.05, 4.69) is 36.6 Å². The Kier molecular flexibility index (Phi) is 14.1. The zero-order chi connectivity index (χ0) is 37.2. The normalized spacial score (nSPS) is 19.3. The quantitative estimate of drug-likeness (QED) is 0.199. The molecule has 4 amide bonds. The molecule has 1 aliphatic heterocycles. The SMILES string of the molecule is CC(C)COC(=O)NC(C(=O)N1CC(C2CCCCC2)CC1C(=O)NC(CC(F)F)C(=O)NCCc1c(F)cc(-c2nn[nH]n2)cc1F)C(C)C. The summed E-state index contributed by atoms with van der Waals surface area (Å²) in [5.41, 5.74) is -0.315. The van der Waals surface area contributed by atoms with Gasteiger partial charge in [0.2, 0.25) is 30.0 Å². The van der Waals surface area contributed by atoms with Gasteiger partial charge in [-0.3, -0.25) is 14.4 Å². The van der Waals surface area contributed by atoms with Crippen molar-refractivity contribution >= 4 is 23.8 Å². The maximum atomic E-state index is 14.8. The summed E-state index contributed by atoms with van der Waals surface area (Å²) in [6.45, 7) is 7.30. The number of rotatable bonds is 15. The second kappa shape index (κ2) is 18.3. The van der Waals surface area contributed by atoms with Crippen molar-refractivity contribution in [2.75, 3.05) is 19.7 Å². The number of ether oxygens (including phenoxy) is 1.